The van der Waals surface area contributed by atoms with Crippen LogP contribution in [0.1, 0.15) is 106 Å². The molecule has 0 saturated heterocycles. The van der Waals surface area contributed by atoms with Crippen molar-refractivity contribution in [1.82, 2.24) is 74.0 Å². The molecule has 24 nitrogen and oxygen atoms in total. The van der Waals surface area contributed by atoms with E-state index in [1.54, 1.807) is 146 Å². The molecule has 18 aromatic rings. The van der Waals surface area contributed by atoms with Crippen LogP contribution in [-0.4, -0.2) is 109 Å². The number of carboxylic acid groups (broad SMARTS) is 2. The van der Waals surface area contributed by atoms with E-state index in [0.29, 0.717) is 72.8 Å². The molecule has 117 heavy (non-hydrogen) atoms. The first-order chi connectivity index (χ1) is 56.8. The number of hydrogen-bond acceptors (Lipinski definition) is 19. The highest BCUT2D eigenvalue weighted by atomic mass is 19.2. The van der Waals surface area contributed by atoms with Crippen molar-refractivity contribution in [3.8, 4) is 66.8 Å². The summed E-state index contributed by atoms with van der Waals surface area (Å²) in [5, 5.41) is 31.0. The largest absolute Gasteiger partial charge is 0.478 e. The summed E-state index contributed by atoms with van der Waals surface area (Å²) in [7, 11) is 1.37. The number of carbonyl (C=O) groups excluding carboxylic acids is 1. The zero-order valence-electron chi connectivity index (χ0n) is 63.8. The van der Waals surface area contributed by atoms with Crippen LogP contribution in [0.15, 0.2) is 288 Å². The Balaban J connectivity index is 0.000000131. The number of rotatable bonds is 18. The number of hydrogen-bond donors (Lipinski definition) is 2. The number of fused-ring (bicyclic) bond motifs is 3. The second-order valence-electron chi connectivity index (χ2n) is 27.5. The summed E-state index contributed by atoms with van der Waals surface area (Å²) in [6.07, 6.45) is 20.4. The van der Waals surface area contributed by atoms with Gasteiger partial charge in [0.25, 0.3) is 11.6 Å². The molecular formula is C91H69F2N15O9. The summed E-state index contributed by atoms with van der Waals surface area (Å²) in [6.45, 7) is 11.1. The minimum Gasteiger partial charge on any atom is -0.478 e. The first-order valence-electron chi connectivity index (χ1n) is 36.9. The van der Waals surface area contributed by atoms with Gasteiger partial charge in [0.2, 0.25) is 0 Å². The molecule has 15 heterocycles. The summed E-state index contributed by atoms with van der Waals surface area (Å²) in [5.74, 6) is -5.04. The van der Waals surface area contributed by atoms with Crippen LogP contribution in [0.3, 0.4) is 0 Å². The third kappa shape index (κ3) is 14.2. The molecule has 0 unspecified atom stereocenters. The summed E-state index contributed by atoms with van der Waals surface area (Å²) in [4.78, 5) is 76.2. The van der Waals surface area contributed by atoms with Gasteiger partial charge >= 0.3 is 17.9 Å². The van der Waals surface area contributed by atoms with Crippen molar-refractivity contribution in [1.29, 1.82) is 0 Å². The minimum absolute atomic E-state index is 0.149. The van der Waals surface area contributed by atoms with Gasteiger partial charge in [0.05, 0.1) is 85.4 Å². The molecule has 0 atom stereocenters. The summed E-state index contributed by atoms with van der Waals surface area (Å²) in [5.41, 5.74) is 18.3. The Hall–Kier alpha value is -15.5. The van der Waals surface area contributed by atoms with Gasteiger partial charge in [-0.15, -0.1) is 0 Å². The molecule has 18 rings (SSSR count). The Labute approximate surface area is 666 Å². The van der Waals surface area contributed by atoms with Crippen molar-refractivity contribution in [3.05, 3.63) is 360 Å². The fraction of sp³-hybridized carbons (Fsp3) is 0.110. The van der Waals surface area contributed by atoms with Gasteiger partial charge < -0.3 is 42.2 Å². The number of benzene rings is 3. The normalized spacial score (nSPS) is 11.5. The maximum atomic E-state index is 17.8. The average molecular weight is 1550 g/mol. The van der Waals surface area contributed by atoms with Crippen LogP contribution < -0.4 is 0 Å². The number of pyridine rings is 9. The van der Waals surface area contributed by atoms with Crippen molar-refractivity contribution in [2.75, 3.05) is 7.11 Å². The predicted octanol–water partition coefficient (Wildman–Crippen LogP) is 18.6. The summed E-state index contributed by atoms with van der Waals surface area (Å²) >= 11 is 0. The van der Waals surface area contributed by atoms with Crippen LogP contribution in [0.25, 0.3) is 99.9 Å². The lowest BCUT2D eigenvalue weighted by molar-refractivity contribution is 0.0599. The molecular weight excluding hydrogens is 1490 g/mol. The highest BCUT2D eigenvalue weighted by molar-refractivity contribution is 6.00. The second kappa shape index (κ2) is 31.6. The molecule has 0 radical (unpaired) electrons. The van der Waals surface area contributed by atoms with Gasteiger partial charge in [-0.05, 0) is 186 Å². The lowest BCUT2D eigenvalue weighted by Crippen LogP contribution is -2.32. The second-order valence-corrected chi connectivity index (χ2v) is 27.5. The first kappa shape index (κ1) is 75.6. The van der Waals surface area contributed by atoms with Crippen LogP contribution >= 0.6 is 0 Å². The van der Waals surface area contributed by atoms with Gasteiger partial charge in [0.15, 0.2) is 0 Å². The van der Waals surface area contributed by atoms with Gasteiger partial charge in [-0.2, -0.15) is 0 Å². The van der Waals surface area contributed by atoms with Gasteiger partial charge in [-0.25, -0.2) is 23.2 Å². The summed E-state index contributed by atoms with van der Waals surface area (Å²) in [6, 6.07) is 57.7. The molecule has 3 aromatic carbocycles. The van der Waals surface area contributed by atoms with E-state index in [1.165, 1.54) is 65.3 Å². The molecule has 0 aliphatic carbocycles. The molecule has 0 amide bonds. The van der Waals surface area contributed by atoms with Crippen LogP contribution in [0, 0.1) is 41.5 Å². The maximum absolute atomic E-state index is 17.8. The van der Waals surface area contributed by atoms with Crippen molar-refractivity contribution in [3.63, 3.8) is 0 Å². The minimum atomic E-state index is -2.29. The highest BCUT2D eigenvalue weighted by Crippen LogP contribution is 2.46. The fourth-order valence-electron chi connectivity index (χ4n) is 14.8. The monoisotopic (exact) mass is 1550 g/mol. The molecule has 0 saturated carbocycles. The van der Waals surface area contributed by atoms with E-state index in [-0.39, 0.29) is 45.9 Å². The smallest absolute Gasteiger partial charge is 0.337 e. The number of carbonyl (C=O) groups is 3. The lowest BCUT2D eigenvalue weighted by Gasteiger charge is -2.27. The Kier molecular flexibility index (Phi) is 20.4. The van der Waals surface area contributed by atoms with E-state index < -0.39 is 23.5 Å². The van der Waals surface area contributed by atoms with E-state index in [0.717, 1.165) is 78.4 Å². The molecule has 0 spiro atoms. The van der Waals surface area contributed by atoms with Gasteiger partial charge in [0, 0.05) is 124 Å². The van der Waals surface area contributed by atoms with Crippen LogP contribution in [0.4, 0.5) is 8.78 Å². The van der Waals surface area contributed by atoms with Gasteiger partial charge in [-0.3, -0.25) is 44.9 Å². The Morgan fingerprint density at radius 1 is 0.376 bits per heavy atom. The van der Waals surface area contributed by atoms with E-state index in [1.807, 2.05) is 108 Å². The molecule has 2 N–H and O–H groups in total. The van der Waals surface area contributed by atoms with E-state index in [4.69, 9.17) is 43.2 Å². The number of carboxylic acids is 2. The van der Waals surface area contributed by atoms with E-state index in [2.05, 4.69) is 52.2 Å². The number of nitrogens with zero attached hydrogens (tertiary/aromatic N) is 15. The number of alkyl halides is 2. The third-order valence-corrected chi connectivity index (χ3v) is 20.3. The average Bonchev–Trinajstić information content (AvgIpc) is 1.54. The van der Waals surface area contributed by atoms with E-state index >= 15 is 8.78 Å². The topological polar surface area (TPSA) is 310 Å². The SMILES string of the molecule is COC(=O)c1ccc(-c2cn(C(c3ccccn3)c3ccccn3)c3cc(-c4c(C)noc4C)cnc23)cc1.Cc1noc(C)c1-c1cnc2c(-c3ccc(C(=O)O)cc3)cn(C(F)(c3ccccn3)c3ccccn3)c2c1.Cc1noc(C)c1-c1cnc2c(-c3ccc(C(=O)O)cc3)cn(C(F)(c3ccccn3)c3ccccn3)c2c1. The van der Waals surface area contributed by atoms with Crippen LogP contribution in [-0.2, 0) is 16.3 Å². The van der Waals surface area contributed by atoms with Crippen LogP contribution in [0.5, 0.6) is 0 Å². The number of methoxy groups -OCH3 is 1. The molecule has 15 aromatic heterocycles. The van der Waals surface area contributed by atoms with Gasteiger partial charge in [-0.1, -0.05) is 88.3 Å². The number of halogens is 2. The molecule has 0 aliphatic heterocycles. The predicted molar refractivity (Wildman–Crippen MR) is 433 cm³/mol. The number of ether oxygens (including phenoxy) is 1. The molecule has 576 valence electrons. The third-order valence-electron chi connectivity index (χ3n) is 20.3. The zero-order valence-corrected chi connectivity index (χ0v) is 63.8. The van der Waals surface area contributed by atoms with E-state index in [9.17, 15) is 24.6 Å². The highest BCUT2D eigenvalue weighted by Gasteiger charge is 2.43. The Bertz CT molecular complexity index is 6240. The standard InChI is InChI=1S/C31H25N5O3.2C30H22FN5O3/c1-19-28(20(2)39-35-19)23-16-27-29(34-17-23)24(21-10-12-22(13-11-21)31(37)38-3)18-36(27)30(25-8-4-6-14-32-25)26-9-5-7-15-33-26;2*1-18-27(19(2)39-35-18)22-15-24-28(34-16-22)23(20-9-11-21(12-10-20)29(37)38)17-36(24)30(31,25-7-3-5-13-32-25)26-8-4-6-14-33-26/h4-18,30H,1-3H3;2*3-17H,1-2H3,(H,37,38). The lowest BCUT2D eigenvalue weighted by atomic mass is 10.0. The van der Waals surface area contributed by atoms with Gasteiger partial charge in [0.1, 0.15) is 46.1 Å². The molecule has 0 aliphatic rings. The van der Waals surface area contributed by atoms with Crippen molar-refractivity contribution in [2.24, 2.45) is 0 Å². The molecule has 0 fully saturated rings. The van der Waals surface area contributed by atoms with Crippen LogP contribution in [0.2, 0.25) is 0 Å². The first-order valence-corrected chi connectivity index (χ1v) is 36.9. The molecule has 0 bridgehead atoms. The Morgan fingerprint density at radius 2 is 0.684 bits per heavy atom. The quantitative estimate of drug-likeness (QED) is 0.0754. The number of aromatic carboxylic acids is 2. The summed E-state index contributed by atoms with van der Waals surface area (Å²) < 4.78 is 61.7. The Morgan fingerprint density at radius 3 is 0.974 bits per heavy atom. The number of esters is 1. The van der Waals surface area contributed by atoms with Crippen molar-refractivity contribution >= 4 is 51.0 Å². The maximum Gasteiger partial charge on any atom is 0.337 e. The van der Waals surface area contributed by atoms with Crippen molar-refractivity contribution < 1.29 is 51.7 Å². The number of aromatic nitrogens is 15. The molecule has 26 heteroatoms. The fourth-order valence-corrected chi connectivity index (χ4v) is 14.8. The zero-order chi connectivity index (χ0) is 81.2. The van der Waals surface area contributed by atoms with Crippen molar-refractivity contribution in [2.45, 2.75) is 59.2 Å². The number of aryl methyl sites for hydroxylation is 6.